The summed E-state index contributed by atoms with van der Waals surface area (Å²) < 4.78 is 0. The van der Waals surface area contributed by atoms with E-state index in [1.807, 2.05) is 0 Å². The minimum absolute atomic E-state index is 0.0284. The van der Waals surface area contributed by atoms with Crippen LogP contribution in [0.3, 0.4) is 0 Å². The van der Waals surface area contributed by atoms with Gasteiger partial charge in [0.15, 0.2) is 11.6 Å². The molecule has 4 fully saturated rings. The van der Waals surface area contributed by atoms with Gasteiger partial charge in [-0.2, -0.15) is 0 Å². The molecule has 0 heterocycles. The maximum absolute atomic E-state index is 12.1. The van der Waals surface area contributed by atoms with E-state index in [1.54, 1.807) is 0 Å². The Morgan fingerprint density at radius 1 is 0.867 bits per heavy atom. The van der Waals surface area contributed by atoms with E-state index in [1.165, 1.54) is 0 Å². The lowest BCUT2D eigenvalue weighted by molar-refractivity contribution is -0.128. The highest BCUT2D eigenvalue weighted by molar-refractivity contribution is 9.10. The number of alkyl halides is 2. The Hall–Kier alpha value is 0.300. The van der Waals surface area contributed by atoms with Crippen LogP contribution in [0, 0.1) is 35.5 Å². The number of halogens is 2. The van der Waals surface area contributed by atoms with Crippen LogP contribution in [0.4, 0.5) is 0 Å². The van der Waals surface area contributed by atoms with Gasteiger partial charge >= 0.3 is 0 Å². The summed E-state index contributed by atoms with van der Waals surface area (Å²) in [6.07, 6.45) is 1.12. The van der Waals surface area contributed by atoms with Gasteiger partial charge in [-0.1, -0.05) is 31.9 Å². The third-order valence-corrected chi connectivity index (χ3v) is 7.29. The third-order valence-electron chi connectivity index (χ3n) is 5.16. The lowest BCUT2D eigenvalue weighted by Gasteiger charge is -2.25. The van der Waals surface area contributed by atoms with Crippen molar-refractivity contribution in [1.29, 1.82) is 0 Å². The van der Waals surface area contributed by atoms with Gasteiger partial charge < -0.3 is 0 Å². The average molecular weight is 334 g/mol. The molecule has 4 saturated carbocycles. The molecular formula is C11H10Br2O2. The van der Waals surface area contributed by atoms with Crippen molar-refractivity contribution >= 4 is 43.4 Å². The zero-order valence-electron chi connectivity index (χ0n) is 7.90. The Bertz CT molecular complexity index is 358. The summed E-state index contributed by atoms with van der Waals surface area (Å²) in [6.45, 7) is 0. The fourth-order valence-corrected chi connectivity index (χ4v) is 6.95. The summed E-state index contributed by atoms with van der Waals surface area (Å²) in [5.41, 5.74) is 0. The molecule has 0 spiro atoms. The molecular weight excluding hydrogens is 324 g/mol. The molecule has 4 heteroatoms. The summed E-state index contributed by atoms with van der Waals surface area (Å²) in [7, 11) is 0. The molecule has 0 N–H and O–H groups in total. The molecule has 80 valence electrons. The Labute approximate surface area is 104 Å². The number of hydrogen-bond acceptors (Lipinski definition) is 2. The van der Waals surface area contributed by atoms with E-state index in [2.05, 4.69) is 31.9 Å². The van der Waals surface area contributed by atoms with E-state index in [0.717, 1.165) is 6.42 Å². The summed E-state index contributed by atoms with van der Waals surface area (Å²) in [5, 5.41) is 0. The molecule has 0 aromatic heterocycles. The zero-order chi connectivity index (χ0) is 10.5. The Kier molecular flexibility index (Phi) is 1.61. The van der Waals surface area contributed by atoms with Gasteiger partial charge in [0.1, 0.15) is 0 Å². The standard InChI is InChI=1S/C11H10Br2O2/c12-8-4-2-1-3-5(4)9(13)11(15)7(3)6(2)10(8)14/h2-9H,1H2/t2-,3+,4?,5?,6?,7?,8-,9-/m1/s1. The van der Waals surface area contributed by atoms with Crippen molar-refractivity contribution < 1.29 is 9.59 Å². The van der Waals surface area contributed by atoms with E-state index < -0.39 is 0 Å². The molecule has 4 unspecified atom stereocenters. The van der Waals surface area contributed by atoms with Crippen LogP contribution in [-0.2, 0) is 9.59 Å². The molecule has 15 heavy (non-hydrogen) atoms. The van der Waals surface area contributed by atoms with E-state index in [-0.39, 0.29) is 21.5 Å². The number of rotatable bonds is 0. The Morgan fingerprint density at radius 2 is 1.27 bits per heavy atom. The predicted octanol–water partition coefficient (Wildman–Crippen LogP) is 1.79. The highest BCUT2D eigenvalue weighted by Crippen LogP contribution is 2.70. The van der Waals surface area contributed by atoms with Crippen molar-refractivity contribution in [2.75, 3.05) is 0 Å². The summed E-state index contributed by atoms with van der Waals surface area (Å²) in [4.78, 5) is 24.2. The molecule has 4 aliphatic rings. The minimum atomic E-state index is 0.0284. The van der Waals surface area contributed by atoms with Gasteiger partial charge in [-0.25, -0.2) is 0 Å². The van der Waals surface area contributed by atoms with Gasteiger partial charge in [0, 0.05) is 11.8 Å². The molecule has 0 aliphatic heterocycles. The van der Waals surface area contributed by atoms with Gasteiger partial charge in [0.25, 0.3) is 0 Å². The fourth-order valence-electron chi connectivity index (χ4n) is 4.85. The molecule has 4 aliphatic carbocycles. The van der Waals surface area contributed by atoms with Gasteiger partial charge in [0.2, 0.25) is 0 Å². The fraction of sp³-hybridized carbons (Fsp3) is 0.818. The molecule has 0 aromatic carbocycles. The van der Waals surface area contributed by atoms with Gasteiger partial charge in [-0.15, -0.1) is 0 Å². The van der Waals surface area contributed by atoms with E-state index in [0.29, 0.717) is 35.2 Å². The van der Waals surface area contributed by atoms with Crippen molar-refractivity contribution in [3.8, 4) is 0 Å². The first-order chi connectivity index (χ1) is 7.13. The quantitative estimate of drug-likeness (QED) is 0.633. The van der Waals surface area contributed by atoms with Gasteiger partial charge in [-0.05, 0) is 30.1 Å². The number of fused-ring (bicyclic) bond motifs is 2. The number of carbonyl (C=O) groups is 2. The van der Waals surface area contributed by atoms with Crippen LogP contribution in [0.25, 0.3) is 0 Å². The molecule has 0 amide bonds. The summed E-state index contributed by atoms with van der Waals surface area (Å²) in [5.74, 6) is 2.63. The Balaban J connectivity index is 1.93. The maximum Gasteiger partial charge on any atom is 0.150 e. The largest absolute Gasteiger partial charge is 0.298 e. The van der Waals surface area contributed by atoms with Crippen molar-refractivity contribution in [2.24, 2.45) is 35.5 Å². The number of Topliss-reactive ketones (excluding diaryl/α,β-unsaturated/α-hetero) is 2. The minimum Gasteiger partial charge on any atom is -0.298 e. The van der Waals surface area contributed by atoms with Crippen LogP contribution >= 0.6 is 31.9 Å². The van der Waals surface area contributed by atoms with Crippen molar-refractivity contribution in [2.45, 2.75) is 16.1 Å². The molecule has 2 nitrogen and oxygen atoms in total. The van der Waals surface area contributed by atoms with E-state index in [4.69, 9.17) is 0 Å². The number of ketones is 2. The van der Waals surface area contributed by atoms with Gasteiger partial charge in [-0.3, -0.25) is 9.59 Å². The molecule has 0 aromatic rings. The van der Waals surface area contributed by atoms with Crippen LogP contribution < -0.4 is 0 Å². The highest BCUT2D eigenvalue weighted by atomic mass is 79.9. The van der Waals surface area contributed by atoms with Gasteiger partial charge in [0.05, 0.1) is 9.65 Å². The number of carbonyl (C=O) groups excluding carboxylic acids is 2. The molecule has 4 rings (SSSR count). The van der Waals surface area contributed by atoms with E-state index >= 15 is 0 Å². The summed E-state index contributed by atoms with van der Waals surface area (Å²) in [6, 6.07) is 0. The van der Waals surface area contributed by atoms with Crippen LogP contribution in [0.1, 0.15) is 6.42 Å². The second-order valence-electron chi connectivity index (χ2n) is 5.38. The first-order valence-corrected chi connectivity index (χ1v) is 7.31. The van der Waals surface area contributed by atoms with Crippen LogP contribution in [-0.4, -0.2) is 21.2 Å². The smallest absolute Gasteiger partial charge is 0.150 e. The average Bonchev–Trinajstić information content (AvgIpc) is 2.85. The monoisotopic (exact) mass is 332 g/mol. The molecule has 8 atom stereocenters. The second-order valence-corrected chi connectivity index (χ2v) is 7.35. The predicted molar refractivity (Wildman–Crippen MR) is 61.0 cm³/mol. The van der Waals surface area contributed by atoms with Crippen molar-refractivity contribution in [1.82, 2.24) is 0 Å². The van der Waals surface area contributed by atoms with Crippen molar-refractivity contribution in [3.63, 3.8) is 0 Å². The van der Waals surface area contributed by atoms with Crippen LogP contribution in [0.15, 0.2) is 0 Å². The number of hydrogen-bond donors (Lipinski definition) is 0. The van der Waals surface area contributed by atoms with Crippen LogP contribution in [0.2, 0.25) is 0 Å². The first-order valence-electron chi connectivity index (χ1n) is 5.48. The molecule has 0 saturated heterocycles. The first kappa shape index (κ1) is 9.34. The SMILES string of the molecule is O=C1C2C3C(=O)[C@H](Br)C4C([C@@H]2C[C@@H]34)[C@H]1Br. The maximum atomic E-state index is 12.1. The lowest BCUT2D eigenvalue weighted by atomic mass is 9.79. The summed E-state index contributed by atoms with van der Waals surface area (Å²) >= 11 is 7.09. The molecule has 2 bridgehead atoms. The molecule has 0 radical (unpaired) electrons. The van der Waals surface area contributed by atoms with Crippen LogP contribution in [0.5, 0.6) is 0 Å². The zero-order valence-corrected chi connectivity index (χ0v) is 11.1. The van der Waals surface area contributed by atoms with Crippen molar-refractivity contribution in [3.05, 3.63) is 0 Å². The highest BCUT2D eigenvalue weighted by Gasteiger charge is 2.74. The Morgan fingerprint density at radius 3 is 1.67 bits per heavy atom. The third kappa shape index (κ3) is 0.791. The topological polar surface area (TPSA) is 34.1 Å². The lowest BCUT2D eigenvalue weighted by Crippen LogP contribution is -2.29. The normalized spacial score (nSPS) is 64.7. The van der Waals surface area contributed by atoms with E-state index in [9.17, 15) is 9.59 Å². The second kappa shape index (κ2) is 2.58.